The largest absolute Gasteiger partial charge is 0.480 e. The summed E-state index contributed by atoms with van der Waals surface area (Å²) >= 11 is 0. The first-order chi connectivity index (χ1) is 9.69. The molecule has 8 nitrogen and oxygen atoms in total. The molecule has 1 saturated carbocycles. The Morgan fingerprint density at radius 2 is 2.00 bits per heavy atom. The number of carboxylic acids is 1. The van der Waals surface area contributed by atoms with Crippen molar-refractivity contribution < 1.29 is 23.1 Å². The quantitative estimate of drug-likeness (QED) is 0.515. The molecule has 1 unspecified atom stereocenters. The van der Waals surface area contributed by atoms with Crippen molar-refractivity contribution in [2.45, 2.75) is 31.3 Å². The second kappa shape index (κ2) is 7.60. The molecule has 0 spiro atoms. The number of carbonyl (C=O) groups excluding carboxylic acids is 1. The van der Waals surface area contributed by atoms with E-state index < -0.39 is 27.9 Å². The van der Waals surface area contributed by atoms with Crippen molar-refractivity contribution in [2.24, 2.45) is 0 Å². The van der Waals surface area contributed by atoms with E-state index in [1.807, 2.05) is 7.05 Å². The summed E-state index contributed by atoms with van der Waals surface area (Å²) in [5.74, 6) is -1.53. The maximum absolute atomic E-state index is 11.6. The van der Waals surface area contributed by atoms with Crippen LogP contribution in [0.1, 0.15) is 19.3 Å². The number of carboxylic acid groups (broad SMARTS) is 1. The highest BCUT2D eigenvalue weighted by atomic mass is 32.2. The number of rotatable bonds is 9. The SMILES string of the molecule is CN(CCNC(=O)NC(CCS(C)(=O)=O)C(=O)O)C1CC1. The van der Waals surface area contributed by atoms with Crippen LogP contribution in [-0.2, 0) is 14.6 Å². The van der Waals surface area contributed by atoms with Crippen LogP contribution in [0.25, 0.3) is 0 Å². The summed E-state index contributed by atoms with van der Waals surface area (Å²) in [6.07, 6.45) is 3.23. The zero-order chi connectivity index (χ0) is 16.0. The molecule has 122 valence electrons. The lowest BCUT2D eigenvalue weighted by Gasteiger charge is -2.17. The molecule has 0 aromatic carbocycles. The number of carbonyl (C=O) groups is 2. The van der Waals surface area contributed by atoms with Gasteiger partial charge in [0, 0.05) is 25.4 Å². The van der Waals surface area contributed by atoms with E-state index in [1.165, 1.54) is 12.8 Å². The predicted molar refractivity (Wildman–Crippen MR) is 77.9 cm³/mol. The third-order valence-corrected chi connectivity index (χ3v) is 4.28. The molecule has 0 saturated heterocycles. The molecule has 0 bridgehead atoms. The number of aliphatic carboxylic acids is 1. The van der Waals surface area contributed by atoms with Gasteiger partial charge in [-0.3, -0.25) is 0 Å². The lowest BCUT2D eigenvalue weighted by Crippen LogP contribution is -2.48. The molecule has 1 rings (SSSR count). The summed E-state index contributed by atoms with van der Waals surface area (Å²) in [5, 5.41) is 13.8. The van der Waals surface area contributed by atoms with Crippen LogP contribution in [0.15, 0.2) is 0 Å². The van der Waals surface area contributed by atoms with Crippen LogP contribution in [0.2, 0.25) is 0 Å². The number of hydrogen-bond donors (Lipinski definition) is 3. The summed E-state index contributed by atoms with van der Waals surface area (Å²) in [6, 6.07) is -1.21. The van der Waals surface area contributed by atoms with Crippen molar-refractivity contribution in [1.29, 1.82) is 0 Å². The summed E-state index contributed by atoms with van der Waals surface area (Å²) in [6.45, 7) is 1.11. The second-order valence-corrected chi connectivity index (χ2v) is 7.68. The summed E-state index contributed by atoms with van der Waals surface area (Å²) < 4.78 is 22.1. The van der Waals surface area contributed by atoms with Crippen LogP contribution >= 0.6 is 0 Å². The van der Waals surface area contributed by atoms with Crippen LogP contribution in [0, 0.1) is 0 Å². The Bertz CT molecular complexity index is 475. The van der Waals surface area contributed by atoms with Crippen LogP contribution in [0.5, 0.6) is 0 Å². The first-order valence-corrected chi connectivity index (χ1v) is 8.90. The van der Waals surface area contributed by atoms with Crippen LogP contribution < -0.4 is 10.6 Å². The van der Waals surface area contributed by atoms with Crippen LogP contribution in [-0.4, -0.2) is 74.7 Å². The molecule has 2 amide bonds. The van der Waals surface area contributed by atoms with Crippen molar-refractivity contribution in [3.8, 4) is 0 Å². The number of urea groups is 1. The molecule has 1 aliphatic carbocycles. The van der Waals surface area contributed by atoms with E-state index in [4.69, 9.17) is 5.11 Å². The van der Waals surface area contributed by atoms with E-state index in [9.17, 15) is 18.0 Å². The van der Waals surface area contributed by atoms with E-state index in [1.54, 1.807) is 0 Å². The topological polar surface area (TPSA) is 116 Å². The van der Waals surface area contributed by atoms with Crippen molar-refractivity contribution in [3.05, 3.63) is 0 Å². The van der Waals surface area contributed by atoms with Gasteiger partial charge in [0.15, 0.2) is 0 Å². The van der Waals surface area contributed by atoms with Crippen molar-refractivity contribution >= 4 is 21.8 Å². The average molecular weight is 321 g/mol. The fourth-order valence-electron chi connectivity index (χ4n) is 1.84. The fourth-order valence-corrected chi connectivity index (χ4v) is 2.51. The summed E-state index contributed by atoms with van der Waals surface area (Å²) in [7, 11) is -1.29. The lowest BCUT2D eigenvalue weighted by atomic mass is 10.2. The zero-order valence-electron chi connectivity index (χ0n) is 12.3. The maximum atomic E-state index is 11.6. The van der Waals surface area contributed by atoms with Gasteiger partial charge < -0.3 is 20.6 Å². The smallest absolute Gasteiger partial charge is 0.326 e. The van der Waals surface area contributed by atoms with Gasteiger partial charge in [0.1, 0.15) is 15.9 Å². The Morgan fingerprint density at radius 3 is 2.48 bits per heavy atom. The van der Waals surface area contributed by atoms with E-state index in [2.05, 4.69) is 15.5 Å². The summed E-state index contributed by atoms with van der Waals surface area (Å²) in [4.78, 5) is 24.7. The molecule has 1 atom stereocenters. The third-order valence-electron chi connectivity index (χ3n) is 3.30. The molecule has 1 aliphatic rings. The van der Waals surface area contributed by atoms with Gasteiger partial charge in [0.05, 0.1) is 5.75 Å². The molecular formula is C12H23N3O5S. The maximum Gasteiger partial charge on any atom is 0.326 e. The minimum absolute atomic E-state index is 0.149. The molecule has 0 aromatic heterocycles. The van der Waals surface area contributed by atoms with Gasteiger partial charge in [-0.2, -0.15) is 0 Å². The molecule has 21 heavy (non-hydrogen) atoms. The zero-order valence-corrected chi connectivity index (χ0v) is 13.1. The minimum Gasteiger partial charge on any atom is -0.480 e. The van der Waals surface area contributed by atoms with Crippen LogP contribution in [0.3, 0.4) is 0 Å². The number of amides is 2. The number of sulfone groups is 1. The molecule has 1 fully saturated rings. The van der Waals surface area contributed by atoms with Gasteiger partial charge >= 0.3 is 12.0 Å². The second-order valence-electron chi connectivity index (χ2n) is 5.42. The van der Waals surface area contributed by atoms with Gasteiger partial charge in [-0.05, 0) is 26.3 Å². The van der Waals surface area contributed by atoms with Gasteiger partial charge in [0.2, 0.25) is 0 Å². The Morgan fingerprint density at radius 1 is 1.38 bits per heavy atom. The van der Waals surface area contributed by atoms with Gasteiger partial charge in [0.25, 0.3) is 0 Å². The normalized spacial score (nSPS) is 16.5. The van der Waals surface area contributed by atoms with Gasteiger partial charge in [-0.1, -0.05) is 0 Å². The molecule has 0 aliphatic heterocycles. The summed E-state index contributed by atoms with van der Waals surface area (Å²) in [5.41, 5.74) is 0. The third kappa shape index (κ3) is 7.86. The first kappa shape index (κ1) is 17.7. The highest BCUT2D eigenvalue weighted by Gasteiger charge is 2.26. The van der Waals surface area contributed by atoms with E-state index in [0.29, 0.717) is 19.1 Å². The molecule has 9 heteroatoms. The minimum atomic E-state index is -3.26. The average Bonchev–Trinajstić information content (AvgIpc) is 3.16. The Labute approximate surface area is 124 Å². The van der Waals surface area contributed by atoms with E-state index >= 15 is 0 Å². The van der Waals surface area contributed by atoms with Crippen molar-refractivity contribution in [1.82, 2.24) is 15.5 Å². The number of hydrogen-bond acceptors (Lipinski definition) is 5. The Kier molecular flexibility index (Phi) is 6.41. The molecule has 0 aromatic rings. The highest BCUT2D eigenvalue weighted by Crippen LogP contribution is 2.24. The monoisotopic (exact) mass is 321 g/mol. The molecule has 3 N–H and O–H groups in total. The Hall–Kier alpha value is -1.35. The standard InChI is InChI=1S/C12H23N3O5S/c1-15(9-3-4-9)7-6-13-12(18)14-10(11(16)17)5-8-21(2,19)20/h9-10H,3-8H2,1-2H3,(H,16,17)(H2,13,14,18). The molecule has 0 radical (unpaired) electrons. The Balaban J connectivity index is 2.29. The highest BCUT2D eigenvalue weighted by molar-refractivity contribution is 7.90. The fraction of sp³-hybridized carbons (Fsp3) is 0.833. The van der Waals surface area contributed by atoms with Crippen LogP contribution in [0.4, 0.5) is 4.79 Å². The first-order valence-electron chi connectivity index (χ1n) is 6.84. The van der Waals surface area contributed by atoms with Gasteiger partial charge in [-0.15, -0.1) is 0 Å². The molecular weight excluding hydrogens is 298 g/mol. The van der Waals surface area contributed by atoms with E-state index in [0.717, 1.165) is 6.26 Å². The molecule has 0 heterocycles. The lowest BCUT2D eigenvalue weighted by molar-refractivity contribution is -0.139. The number of nitrogens with one attached hydrogen (secondary N) is 2. The van der Waals surface area contributed by atoms with Crippen molar-refractivity contribution in [2.75, 3.05) is 32.1 Å². The number of nitrogens with zero attached hydrogens (tertiary/aromatic N) is 1. The van der Waals surface area contributed by atoms with E-state index in [-0.39, 0.29) is 12.2 Å². The number of likely N-dealkylation sites (N-methyl/N-ethyl adjacent to an activating group) is 1. The predicted octanol–water partition coefficient (Wildman–Crippen LogP) is -0.732. The van der Waals surface area contributed by atoms with Crippen molar-refractivity contribution in [3.63, 3.8) is 0 Å². The van der Waals surface area contributed by atoms with Gasteiger partial charge in [-0.25, -0.2) is 18.0 Å².